The average molecular weight is 200 g/mol. The third-order valence-corrected chi connectivity index (χ3v) is 2.79. The highest BCUT2D eigenvalue weighted by atomic mass is 16.3. The van der Waals surface area contributed by atoms with Crippen LogP contribution >= 0.6 is 0 Å². The number of piperidine rings is 1. The Morgan fingerprint density at radius 2 is 2.07 bits per heavy atom. The van der Waals surface area contributed by atoms with E-state index in [0.29, 0.717) is 13.0 Å². The van der Waals surface area contributed by atoms with Crippen molar-refractivity contribution in [3.8, 4) is 0 Å². The standard InChI is InChI=1S/C10H20N2O2/c1-3-9(13)12(2)8-10(14)4-6-11-7-5-10/h11,14H,3-8H2,1-2H3. The molecule has 0 aliphatic carbocycles. The first-order valence-electron chi connectivity index (χ1n) is 5.24. The molecule has 14 heavy (non-hydrogen) atoms. The smallest absolute Gasteiger partial charge is 0.222 e. The summed E-state index contributed by atoms with van der Waals surface area (Å²) in [5, 5.41) is 13.3. The molecule has 4 heteroatoms. The summed E-state index contributed by atoms with van der Waals surface area (Å²) < 4.78 is 0. The topological polar surface area (TPSA) is 52.6 Å². The zero-order valence-corrected chi connectivity index (χ0v) is 9.05. The molecule has 0 spiro atoms. The van der Waals surface area contributed by atoms with E-state index in [-0.39, 0.29) is 5.91 Å². The molecule has 82 valence electrons. The number of nitrogens with zero attached hydrogens (tertiary/aromatic N) is 1. The predicted molar refractivity (Wildman–Crippen MR) is 55.0 cm³/mol. The number of hydrogen-bond acceptors (Lipinski definition) is 3. The van der Waals surface area contributed by atoms with Crippen molar-refractivity contribution in [3.63, 3.8) is 0 Å². The van der Waals surface area contributed by atoms with Gasteiger partial charge < -0.3 is 15.3 Å². The van der Waals surface area contributed by atoms with Gasteiger partial charge in [0.1, 0.15) is 0 Å². The van der Waals surface area contributed by atoms with Gasteiger partial charge in [0.05, 0.1) is 5.60 Å². The van der Waals surface area contributed by atoms with E-state index >= 15 is 0 Å². The van der Waals surface area contributed by atoms with Crippen LogP contribution < -0.4 is 5.32 Å². The highest BCUT2D eigenvalue weighted by molar-refractivity contribution is 5.75. The minimum absolute atomic E-state index is 0.0944. The van der Waals surface area contributed by atoms with E-state index in [1.165, 1.54) is 0 Å². The molecular weight excluding hydrogens is 180 g/mol. The van der Waals surface area contributed by atoms with Crippen molar-refractivity contribution in [2.75, 3.05) is 26.7 Å². The van der Waals surface area contributed by atoms with Gasteiger partial charge in [0, 0.05) is 20.0 Å². The van der Waals surface area contributed by atoms with Gasteiger partial charge in [-0.25, -0.2) is 0 Å². The van der Waals surface area contributed by atoms with E-state index in [0.717, 1.165) is 25.9 Å². The molecule has 2 N–H and O–H groups in total. The molecule has 1 aliphatic rings. The second-order valence-corrected chi connectivity index (χ2v) is 4.08. The number of rotatable bonds is 3. The minimum atomic E-state index is -0.676. The van der Waals surface area contributed by atoms with Crippen LogP contribution in [0.25, 0.3) is 0 Å². The van der Waals surface area contributed by atoms with Crippen LogP contribution in [0.4, 0.5) is 0 Å². The van der Waals surface area contributed by atoms with Crippen molar-refractivity contribution in [2.24, 2.45) is 0 Å². The lowest BCUT2D eigenvalue weighted by atomic mass is 9.92. The van der Waals surface area contributed by atoms with Crippen LogP contribution in [0, 0.1) is 0 Å². The van der Waals surface area contributed by atoms with E-state index in [1.807, 2.05) is 6.92 Å². The van der Waals surface area contributed by atoms with Gasteiger partial charge in [-0.15, -0.1) is 0 Å². The average Bonchev–Trinajstić information content (AvgIpc) is 2.17. The highest BCUT2D eigenvalue weighted by Crippen LogP contribution is 2.18. The van der Waals surface area contributed by atoms with Crippen molar-refractivity contribution >= 4 is 5.91 Å². The number of carbonyl (C=O) groups excluding carboxylic acids is 1. The monoisotopic (exact) mass is 200 g/mol. The van der Waals surface area contributed by atoms with E-state index in [2.05, 4.69) is 5.32 Å². The van der Waals surface area contributed by atoms with Crippen LogP contribution in [0.15, 0.2) is 0 Å². The van der Waals surface area contributed by atoms with E-state index < -0.39 is 5.60 Å². The third-order valence-electron chi connectivity index (χ3n) is 2.79. The summed E-state index contributed by atoms with van der Waals surface area (Å²) in [4.78, 5) is 13.0. The second kappa shape index (κ2) is 4.75. The van der Waals surface area contributed by atoms with Crippen LogP contribution in [0.2, 0.25) is 0 Å². The van der Waals surface area contributed by atoms with Crippen LogP contribution in [0.1, 0.15) is 26.2 Å². The fourth-order valence-electron chi connectivity index (χ4n) is 1.85. The molecule has 1 rings (SSSR count). The Bertz CT molecular complexity index is 200. The molecule has 0 radical (unpaired) electrons. The summed E-state index contributed by atoms with van der Waals surface area (Å²) in [6.07, 6.45) is 1.97. The molecule has 1 aliphatic heterocycles. The molecule has 1 heterocycles. The number of amides is 1. The molecule has 0 saturated carbocycles. The van der Waals surface area contributed by atoms with Crippen molar-refractivity contribution < 1.29 is 9.90 Å². The Kier molecular flexibility index (Phi) is 3.89. The van der Waals surface area contributed by atoms with Crippen molar-refractivity contribution in [3.05, 3.63) is 0 Å². The normalized spacial score (nSPS) is 20.5. The molecule has 0 unspecified atom stereocenters. The van der Waals surface area contributed by atoms with Crippen molar-refractivity contribution in [1.82, 2.24) is 10.2 Å². The van der Waals surface area contributed by atoms with Gasteiger partial charge in [0.25, 0.3) is 0 Å². The molecule has 1 saturated heterocycles. The molecule has 0 aromatic carbocycles. The quantitative estimate of drug-likeness (QED) is 0.672. The van der Waals surface area contributed by atoms with Crippen molar-refractivity contribution in [1.29, 1.82) is 0 Å². The first-order valence-corrected chi connectivity index (χ1v) is 5.24. The van der Waals surface area contributed by atoms with Gasteiger partial charge in [-0.05, 0) is 25.9 Å². The minimum Gasteiger partial charge on any atom is -0.388 e. The maximum Gasteiger partial charge on any atom is 0.222 e. The lowest BCUT2D eigenvalue weighted by Crippen LogP contribution is -2.50. The molecule has 4 nitrogen and oxygen atoms in total. The Balaban J connectivity index is 2.44. The largest absolute Gasteiger partial charge is 0.388 e. The summed E-state index contributed by atoms with van der Waals surface area (Å²) in [5.74, 6) is 0.0944. The van der Waals surface area contributed by atoms with Crippen LogP contribution in [-0.4, -0.2) is 48.2 Å². The van der Waals surface area contributed by atoms with Crippen LogP contribution in [0.3, 0.4) is 0 Å². The number of nitrogens with one attached hydrogen (secondary N) is 1. The van der Waals surface area contributed by atoms with Gasteiger partial charge >= 0.3 is 0 Å². The van der Waals surface area contributed by atoms with Gasteiger partial charge in [-0.2, -0.15) is 0 Å². The zero-order valence-electron chi connectivity index (χ0n) is 9.05. The summed E-state index contributed by atoms with van der Waals surface area (Å²) in [5.41, 5.74) is -0.676. The zero-order chi connectivity index (χ0) is 10.6. The van der Waals surface area contributed by atoms with Crippen LogP contribution in [0.5, 0.6) is 0 Å². The number of aliphatic hydroxyl groups is 1. The van der Waals surface area contributed by atoms with Crippen LogP contribution in [-0.2, 0) is 4.79 Å². The first kappa shape index (κ1) is 11.5. The molecule has 0 bridgehead atoms. The molecule has 1 amide bonds. The van der Waals surface area contributed by atoms with Gasteiger partial charge in [-0.3, -0.25) is 4.79 Å². The number of likely N-dealkylation sites (N-methyl/N-ethyl adjacent to an activating group) is 1. The fourth-order valence-corrected chi connectivity index (χ4v) is 1.85. The predicted octanol–water partition coefficient (Wildman–Crippen LogP) is -0.0307. The maximum atomic E-state index is 11.3. The fraction of sp³-hybridized carbons (Fsp3) is 0.900. The lowest BCUT2D eigenvalue weighted by Gasteiger charge is -2.35. The summed E-state index contributed by atoms with van der Waals surface area (Å²) in [6, 6.07) is 0. The van der Waals surface area contributed by atoms with E-state index in [9.17, 15) is 9.90 Å². The maximum absolute atomic E-state index is 11.3. The molecule has 0 aromatic rings. The SMILES string of the molecule is CCC(=O)N(C)CC1(O)CCNCC1. The second-order valence-electron chi connectivity index (χ2n) is 4.08. The Labute approximate surface area is 85.3 Å². The van der Waals surface area contributed by atoms with Gasteiger partial charge in [0.15, 0.2) is 0 Å². The summed E-state index contributed by atoms with van der Waals surface area (Å²) in [6.45, 7) is 3.97. The first-order chi connectivity index (χ1) is 6.57. The molecule has 0 aromatic heterocycles. The Morgan fingerprint density at radius 1 is 1.50 bits per heavy atom. The van der Waals surface area contributed by atoms with E-state index in [1.54, 1.807) is 11.9 Å². The molecule has 1 fully saturated rings. The lowest BCUT2D eigenvalue weighted by molar-refractivity contribution is -0.133. The molecular formula is C10H20N2O2. The molecule has 0 atom stereocenters. The van der Waals surface area contributed by atoms with Gasteiger partial charge in [-0.1, -0.05) is 6.92 Å². The number of hydrogen-bond donors (Lipinski definition) is 2. The van der Waals surface area contributed by atoms with E-state index in [4.69, 9.17) is 0 Å². The van der Waals surface area contributed by atoms with Crippen molar-refractivity contribution in [2.45, 2.75) is 31.8 Å². The summed E-state index contributed by atoms with van der Waals surface area (Å²) in [7, 11) is 1.76. The highest BCUT2D eigenvalue weighted by Gasteiger charge is 2.31. The third kappa shape index (κ3) is 2.96. The Morgan fingerprint density at radius 3 is 2.57 bits per heavy atom. The summed E-state index contributed by atoms with van der Waals surface area (Å²) >= 11 is 0. The Hall–Kier alpha value is -0.610. The van der Waals surface area contributed by atoms with Gasteiger partial charge in [0.2, 0.25) is 5.91 Å². The number of carbonyl (C=O) groups is 1.